The number of aromatic nitrogens is 1. The molecule has 0 saturated carbocycles. The molecule has 2 aliphatic heterocycles. The van der Waals surface area contributed by atoms with E-state index in [0.717, 1.165) is 19.3 Å². The van der Waals surface area contributed by atoms with Crippen molar-refractivity contribution in [1.82, 2.24) is 9.88 Å². The van der Waals surface area contributed by atoms with Crippen LogP contribution in [0.2, 0.25) is 0 Å². The summed E-state index contributed by atoms with van der Waals surface area (Å²) in [6.07, 6.45) is 12.0. The number of nitrogens with zero attached hydrogens (tertiary/aromatic N) is 2. The maximum Gasteiger partial charge on any atom is 0.229 e. The number of piperidine rings is 1. The van der Waals surface area contributed by atoms with Crippen LogP contribution in [0, 0.1) is 5.92 Å². The lowest BCUT2D eigenvalue weighted by atomic mass is 9.88. The number of hydrogen-bond donors (Lipinski definition) is 1. The van der Waals surface area contributed by atoms with Gasteiger partial charge in [-0.1, -0.05) is 11.6 Å². The molecule has 0 spiro atoms. The smallest absolute Gasteiger partial charge is 0.229 e. The summed E-state index contributed by atoms with van der Waals surface area (Å²) in [6.45, 7) is 1.14. The van der Waals surface area contributed by atoms with Gasteiger partial charge >= 0.3 is 0 Å². The molecule has 1 aliphatic carbocycles. The Labute approximate surface area is 160 Å². The average molecular weight is 369 g/mol. The first-order valence-corrected chi connectivity index (χ1v) is 10.0. The predicted octanol–water partition coefficient (Wildman–Crippen LogP) is 2.92. The van der Waals surface area contributed by atoms with Crippen LogP contribution in [-0.4, -0.2) is 47.0 Å². The van der Waals surface area contributed by atoms with E-state index in [2.05, 4.69) is 16.4 Å². The third-order valence-corrected chi connectivity index (χ3v) is 5.89. The molecule has 0 unspecified atom stereocenters. The van der Waals surface area contributed by atoms with Crippen molar-refractivity contribution in [1.29, 1.82) is 0 Å². The Morgan fingerprint density at radius 3 is 3.04 bits per heavy atom. The third-order valence-electron chi connectivity index (χ3n) is 5.89. The molecule has 2 saturated heterocycles. The molecule has 6 heteroatoms. The second kappa shape index (κ2) is 8.21. The molecule has 1 aromatic heterocycles. The topological polar surface area (TPSA) is 71.5 Å². The van der Waals surface area contributed by atoms with Gasteiger partial charge in [-0.15, -0.1) is 0 Å². The summed E-state index contributed by atoms with van der Waals surface area (Å²) in [6, 6.07) is 3.73. The fraction of sp³-hybridized carbons (Fsp3) is 0.571. The number of likely N-dealkylation sites (tertiary alicyclic amines) is 1. The molecule has 0 aromatic carbocycles. The first kappa shape index (κ1) is 18.2. The van der Waals surface area contributed by atoms with E-state index in [-0.39, 0.29) is 29.9 Å². The minimum absolute atomic E-state index is 0.0346. The number of carbonyl (C=O) groups is 2. The molecule has 27 heavy (non-hydrogen) atoms. The summed E-state index contributed by atoms with van der Waals surface area (Å²) < 4.78 is 5.86. The van der Waals surface area contributed by atoms with Crippen LogP contribution in [-0.2, 0) is 14.3 Å². The van der Waals surface area contributed by atoms with Crippen molar-refractivity contribution in [3.63, 3.8) is 0 Å². The monoisotopic (exact) mass is 369 g/mol. The lowest BCUT2D eigenvalue weighted by Gasteiger charge is -2.40. The van der Waals surface area contributed by atoms with E-state index in [1.165, 1.54) is 18.4 Å². The van der Waals surface area contributed by atoms with E-state index in [0.29, 0.717) is 31.7 Å². The van der Waals surface area contributed by atoms with E-state index in [1.54, 1.807) is 18.5 Å². The zero-order chi connectivity index (χ0) is 18.6. The number of fused-ring (bicyclic) bond motifs is 1. The van der Waals surface area contributed by atoms with Crippen molar-refractivity contribution in [3.8, 4) is 0 Å². The standard InChI is InChI=1S/C21H27N3O3/c25-20(11-15-5-2-1-3-6-15)24-14-16(12-19-18(24)8-10-27-19)21(26)23-17-7-4-9-22-13-17/h4-5,7,9,13,16,18-19H,1-3,6,8,10-12,14H2,(H,23,26)/t16-,18+,19+/m0/s1. The largest absolute Gasteiger partial charge is 0.376 e. The summed E-state index contributed by atoms with van der Waals surface area (Å²) in [5.74, 6) is -0.178. The molecule has 3 heterocycles. The molecule has 1 N–H and O–H groups in total. The number of carbonyl (C=O) groups excluding carboxylic acids is 2. The normalized spacial score (nSPS) is 27.6. The van der Waals surface area contributed by atoms with Crippen molar-refractivity contribution in [3.05, 3.63) is 36.2 Å². The Balaban J connectivity index is 1.44. The second-order valence-corrected chi connectivity index (χ2v) is 7.76. The lowest BCUT2D eigenvalue weighted by Crippen LogP contribution is -2.54. The average Bonchev–Trinajstić information content (AvgIpc) is 3.17. The highest BCUT2D eigenvalue weighted by molar-refractivity contribution is 5.93. The highest BCUT2D eigenvalue weighted by Gasteiger charge is 2.44. The Morgan fingerprint density at radius 1 is 1.33 bits per heavy atom. The Hall–Kier alpha value is -2.21. The first-order valence-electron chi connectivity index (χ1n) is 10.0. The molecule has 2 amide bonds. The van der Waals surface area contributed by atoms with Gasteiger partial charge in [-0.2, -0.15) is 0 Å². The van der Waals surface area contributed by atoms with E-state index in [1.807, 2.05) is 11.0 Å². The van der Waals surface area contributed by atoms with E-state index >= 15 is 0 Å². The minimum atomic E-state index is -0.256. The number of hydrogen-bond acceptors (Lipinski definition) is 4. The van der Waals surface area contributed by atoms with E-state index in [4.69, 9.17) is 4.74 Å². The van der Waals surface area contributed by atoms with Gasteiger partial charge in [0.2, 0.25) is 11.8 Å². The zero-order valence-corrected chi connectivity index (χ0v) is 15.6. The lowest BCUT2D eigenvalue weighted by molar-refractivity contribution is -0.140. The van der Waals surface area contributed by atoms with Gasteiger partial charge in [0.15, 0.2) is 0 Å². The van der Waals surface area contributed by atoms with Crippen LogP contribution < -0.4 is 5.32 Å². The number of allylic oxidation sites excluding steroid dienone is 1. The van der Waals surface area contributed by atoms with Gasteiger partial charge in [0.25, 0.3) is 0 Å². The number of rotatable bonds is 4. The molecule has 0 radical (unpaired) electrons. The van der Waals surface area contributed by atoms with Crippen LogP contribution in [0.5, 0.6) is 0 Å². The molecule has 144 valence electrons. The molecule has 1 aromatic rings. The Kier molecular flexibility index (Phi) is 5.53. The SMILES string of the molecule is O=C(Nc1cccnc1)[C@H]1C[C@H]2OCC[C@H]2N(C(=O)CC2=CCCCC2)C1. The number of ether oxygens (including phenoxy) is 1. The number of anilines is 1. The van der Waals surface area contributed by atoms with E-state index < -0.39 is 0 Å². The highest BCUT2D eigenvalue weighted by Crippen LogP contribution is 2.33. The van der Waals surface area contributed by atoms with Gasteiger partial charge in [-0.3, -0.25) is 14.6 Å². The predicted molar refractivity (Wildman–Crippen MR) is 102 cm³/mol. The van der Waals surface area contributed by atoms with Gasteiger partial charge in [0, 0.05) is 25.8 Å². The Bertz CT molecular complexity index is 719. The molecule has 2 fully saturated rings. The summed E-state index contributed by atoms with van der Waals surface area (Å²) in [5.41, 5.74) is 1.94. The quantitative estimate of drug-likeness (QED) is 0.829. The summed E-state index contributed by atoms with van der Waals surface area (Å²) >= 11 is 0. The van der Waals surface area contributed by atoms with Crippen molar-refractivity contribution in [2.75, 3.05) is 18.5 Å². The van der Waals surface area contributed by atoms with Crippen molar-refractivity contribution in [2.24, 2.45) is 5.92 Å². The molecule has 3 aliphatic rings. The summed E-state index contributed by atoms with van der Waals surface area (Å²) in [5, 5.41) is 2.93. The van der Waals surface area contributed by atoms with Gasteiger partial charge in [0.1, 0.15) is 0 Å². The fourth-order valence-electron chi connectivity index (χ4n) is 4.47. The van der Waals surface area contributed by atoms with Gasteiger partial charge in [0.05, 0.1) is 29.9 Å². The maximum atomic E-state index is 13.0. The van der Waals surface area contributed by atoms with Gasteiger partial charge in [-0.05, 0) is 50.7 Å². The molecule has 6 nitrogen and oxygen atoms in total. The van der Waals surface area contributed by atoms with Gasteiger partial charge in [-0.25, -0.2) is 0 Å². The maximum absolute atomic E-state index is 13.0. The first-order chi connectivity index (χ1) is 13.2. The molecule has 3 atom stereocenters. The van der Waals surface area contributed by atoms with Crippen LogP contribution in [0.3, 0.4) is 0 Å². The van der Waals surface area contributed by atoms with E-state index in [9.17, 15) is 9.59 Å². The van der Waals surface area contributed by atoms with Crippen LogP contribution in [0.4, 0.5) is 5.69 Å². The fourth-order valence-corrected chi connectivity index (χ4v) is 4.47. The third kappa shape index (κ3) is 4.21. The van der Waals surface area contributed by atoms with Crippen LogP contribution in [0.1, 0.15) is 44.9 Å². The van der Waals surface area contributed by atoms with Crippen LogP contribution in [0.15, 0.2) is 36.2 Å². The number of pyridine rings is 1. The zero-order valence-electron chi connectivity index (χ0n) is 15.6. The molecule has 4 rings (SSSR count). The Morgan fingerprint density at radius 2 is 2.26 bits per heavy atom. The number of amides is 2. The summed E-state index contributed by atoms with van der Waals surface area (Å²) in [7, 11) is 0. The van der Waals surface area contributed by atoms with Crippen molar-refractivity contribution < 1.29 is 14.3 Å². The minimum Gasteiger partial charge on any atom is -0.376 e. The highest BCUT2D eigenvalue weighted by atomic mass is 16.5. The second-order valence-electron chi connectivity index (χ2n) is 7.76. The van der Waals surface area contributed by atoms with Gasteiger partial charge < -0.3 is 15.0 Å². The van der Waals surface area contributed by atoms with Crippen LogP contribution in [0.25, 0.3) is 0 Å². The van der Waals surface area contributed by atoms with Crippen molar-refractivity contribution in [2.45, 2.75) is 57.1 Å². The summed E-state index contributed by atoms with van der Waals surface area (Å²) in [4.78, 5) is 31.7. The molecular weight excluding hydrogens is 342 g/mol. The molecular formula is C21H27N3O3. The van der Waals surface area contributed by atoms with Crippen LogP contribution >= 0.6 is 0 Å². The van der Waals surface area contributed by atoms with Crippen molar-refractivity contribution >= 4 is 17.5 Å². The number of nitrogens with one attached hydrogen (secondary N) is 1. The molecule has 0 bridgehead atoms.